The largest absolute Gasteiger partial charge is 0.334 e. The number of aromatic nitrogens is 1. The fourth-order valence-electron chi connectivity index (χ4n) is 2.68. The number of fused-ring (bicyclic) bond motifs is 1. The number of H-pyrrole nitrogens is 1. The van der Waals surface area contributed by atoms with Crippen molar-refractivity contribution >= 4 is 27.5 Å². The highest BCUT2D eigenvalue weighted by Gasteiger charge is 2.08. The van der Waals surface area contributed by atoms with Crippen molar-refractivity contribution < 1.29 is 4.79 Å². The highest BCUT2D eigenvalue weighted by atomic mass is 32.1. The normalized spacial score (nSPS) is 10.8. The zero-order valence-electron chi connectivity index (χ0n) is 13.6. The molecule has 6 heteroatoms. The van der Waals surface area contributed by atoms with Gasteiger partial charge in [-0.3, -0.25) is 4.79 Å². The van der Waals surface area contributed by atoms with Crippen LogP contribution in [-0.4, -0.2) is 11.0 Å². The fourth-order valence-corrected chi connectivity index (χ4v) is 3.64. The molecule has 0 aliphatic heterocycles. The molecule has 0 radical (unpaired) electrons. The molecule has 0 aliphatic rings. The van der Waals surface area contributed by atoms with Crippen molar-refractivity contribution in [3.8, 4) is 0 Å². The molecule has 1 aromatic carbocycles. The Kier molecular flexibility index (Phi) is 4.66. The number of hydrogen-bond donors (Lipinski definition) is 3. The third-order valence-electron chi connectivity index (χ3n) is 3.92. The summed E-state index contributed by atoms with van der Waals surface area (Å²) in [6.07, 6.45) is 0. The van der Waals surface area contributed by atoms with Gasteiger partial charge in [-0.1, -0.05) is 18.2 Å². The highest BCUT2D eigenvalue weighted by Crippen LogP contribution is 2.25. The average molecular weight is 341 g/mol. The first kappa shape index (κ1) is 16.3. The number of thiophene rings is 1. The second kappa shape index (κ2) is 6.88. The number of urea groups is 1. The van der Waals surface area contributed by atoms with Crippen LogP contribution in [0.2, 0.25) is 0 Å². The molecular weight excluding hydrogens is 322 g/mol. The van der Waals surface area contributed by atoms with Gasteiger partial charge in [0, 0.05) is 22.5 Å². The van der Waals surface area contributed by atoms with E-state index in [1.54, 1.807) is 11.3 Å². The summed E-state index contributed by atoms with van der Waals surface area (Å²) >= 11 is 1.66. The number of hydrogen-bond acceptors (Lipinski definition) is 3. The van der Waals surface area contributed by atoms with Gasteiger partial charge in [-0.15, -0.1) is 11.3 Å². The maximum Gasteiger partial charge on any atom is 0.315 e. The second-order valence-corrected chi connectivity index (χ2v) is 6.65. The molecule has 0 spiro atoms. The van der Waals surface area contributed by atoms with Gasteiger partial charge in [-0.2, -0.15) is 0 Å². The van der Waals surface area contributed by atoms with Crippen LogP contribution in [-0.2, 0) is 13.1 Å². The van der Waals surface area contributed by atoms with Crippen molar-refractivity contribution in [2.24, 2.45) is 0 Å². The Labute approximate surface area is 143 Å². The summed E-state index contributed by atoms with van der Waals surface area (Å²) in [6.45, 7) is 4.37. The van der Waals surface area contributed by atoms with E-state index in [9.17, 15) is 9.59 Å². The molecule has 124 valence electrons. The predicted octanol–water partition coefficient (Wildman–Crippen LogP) is 3.21. The van der Waals surface area contributed by atoms with Gasteiger partial charge in [0.05, 0.1) is 6.54 Å². The highest BCUT2D eigenvalue weighted by molar-refractivity contribution is 7.17. The van der Waals surface area contributed by atoms with Crippen LogP contribution >= 0.6 is 11.3 Å². The van der Waals surface area contributed by atoms with Crippen LogP contribution in [0.5, 0.6) is 0 Å². The molecule has 2 heterocycles. The summed E-state index contributed by atoms with van der Waals surface area (Å²) in [5, 5.41) is 8.80. The van der Waals surface area contributed by atoms with Gasteiger partial charge in [0.25, 0.3) is 5.56 Å². The Bertz CT molecular complexity index is 943. The third kappa shape index (κ3) is 3.49. The molecule has 0 atom stereocenters. The molecule has 3 aromatic rings. The number of nitrogens with one attached hydrogen (secondary N) is 3. The van der Waals surface area contributed by atoms with E-state index < -0.39 is 0 Å². The van der Waals surface area contributed by atoms with E-state index in [-0.39, 0.29) is 18.1 Å². The Balaban J connectivity index is 1.60. The van der Waals surface area contributed by atoms with Crippen molar-refractivity contribution in [3.05, 3.63) is 68.4 Å². The molecule has 0 aliphatic carbocycles. The van der Waals surface area contributed by atoms with Crippen LogP contribution in [0.15, 0.2) is 40.5 Å². The minimum absolute atomic E-state index is 0.156. The molecular formula is C18H19N3O2S. The van der Waals surface area contributed by atoms with E-state index in [0.29, 0.717) is 12.1 Å². The summed E-state index contributed by atoms with van der Waals surface area (Å²) < 4.78 is 1.21. The molecule has 0 fully saturated rings. The maximum atomic E-state index is 12.0. The molecule has 0 saturated heterocycles. The van der Waals surface area contributed by atoms with E-state index in [4.69, 9.17) is 0 Å². The molecule has 3 N–H and O–H groups in total. The summed E-state index contributed by atoms with van der Waals surface area (Å²) in [5.41, 5.74) is 3.21. The van der Waals surface area contributed by atoms with E-state index in [1.807, 2.05) is 32.0 Å². The molecule has 3 rings (SSSR count). The Morgan fingerprint density at radius 2 is 1.92 bits per heavy atom. The zero-order chi connectivity index (χ0) is 17.1. The average Bonchev–Trinajstić information content (AvgIpc) is 2.95. The van der Waals surface area contributed by atoms with E-state index in [0.717, 1.165) is 22.2 Å². The third-order valence-corrected chi connectivity index (χ3v) is 4.93. The number of amides is 2. The monoisotopic (exact) mass is 341 g/mol. The standard InChI is InChI=1S/C18H19N3O2S/c1-11-7-12(2)21-17(22)15(11)9-20-18(23)19-8-13-10-24-16-6-4-3-5-14(13)16/h3-7,10H,8-9H2,1-2H3,(H,21,22)(H2,19,20,23). The van der Waals surface area contributed by atoms with Crippen molar-refractivity contribution in [2.45, 2.75) is 26.9 Å². The lowest BCUT2D eigenvalue weighted by molar-refractivity contribution is 0.240. The van der Waals surface area contributed by atoms with Crippen LogP contribution in [0.3, 0.4) is 0 Å². The molecule has 2 aromatic heterocycles. The number of benzene rings is 1. The first-order valence-corrected chi connectivity index (χ1v) is 8.59. The summed E-state index contributed by atoms with van der Waals surface area (Å²) in [7, 11) is 0. The van der Waals surface area contributed by atoms with E-state index in [2.05, 4.69) is 33.1 Å². The van der Waals surface area contributed by atoms with Crippen LogP contribution in [0.4, 0.5) is 4.79 Å². The predicted molar refractivity (Wildman–Crippen MR) is 97.4 cm³/mol. The SMILES string of the molecule is Cc1cc(C)c(CNC(=O)NCc2csc3ccccc23)c(=O)[nH]1. The number of carbonyl (C=O) groups is 1. The molecule has 5 nitrogen and oxygen atoms in total. The molecule has 24 heavy (non-hydrogen) atoms. The van der Waals surface area contributed by atoms with Crippen LogP contribution in [0, 0.1) is 13.8 Å². The molecule has 0 bridgehead atoms. The van der Waals surface area contributed by atoms with Crippen LogP contribution in [0.1, 0.15) is 22.4 Å². The summed E-state index contributed by atoms with van der Waals surface area (Å²) in [5.74, 6) is 0. The lowest BCUT2D eigenvalue weighted by atomic mass is 10.1. The fraction of sp³-hybridized carbons (Fsp3) is 0.222. The van der Waals surface area contributed by atoms with Crippen LogP contribution < -0.4 is 16.2 Å². The van der Waals surface area contributed by atoms with Crippen molar-refractivity contribution in [1.82, 2.24) is 15.6 Å². The topological polar surface area (TPSA) is 74.0 Å². The minimum Gasteiger partial charge on any atom is -0.334 e. The van der Waals surface area contributed by atoms with Crippen molar-refractivity contribution in [1.29, 1.82) is 0 Å². The van der Waals surface area contributed by atoms with Crippen molar-refractivity contribution in [2.75, 3.05) is 0 Å². The Morgan fingerprint density at radius 1 is 1.17 bits per heavy atom. The number of aryl methyl sites for hydroxylation is 2. The minimum atomic E-state index is -0.287. The molecule has 0 unspecified atom stereocenters. The Morgan fingerprint density at radius 3 is 2.71 bits per heavy atom. The summed E-state index contributed by atoms with van der Waals surface area (Å²) in [6, 6.07) is 9.72. The van der Waals surface area contributed by atoms with Crippen LogP contribution in [0.25, 0.3) is 10.1 Å². The van der Waals surface area contributed by atoms with E-state index in [1.165, 1.54) is 4.70 Å². The number of aromatic amines is 1. The number of pyridine rings is 1. The smallest absolute Gasteiger partial charge is 0.315 e. The van der Waals surface area contributed by atoms with E-state index >= 15 is 0 Å². The van der Waals surface area contributed by atoms with Gasteiger partial charge in [-0.25, -0.2) is 4.79 Å². The number of carbonyl (C=O) groups excluding carboxylic acids is 1. The zero-order valence-corrected chi connectivity index (χ0v) is 14.4. The first-order chi connectivity index (χ1) is 11.5. The van der Waals surface area contributed by atoms with Crippen molar-refractivity contribution in [3.63, 3.8) is 0 Å². The summed E-state index contributed by atoms with van der Waals surface area (Å²) in [4.78, 5) is 26.7. The lowest BCUT2D eigenvalue weighted by Gasteiger charge is -2.09. The van der Waals surface area contributed by atoms with Gasteiger partial charge in [0.2, 0.25) is 0 Å². The van der Waals surface area contributed by atoms with Gasteiger partial charge in [0.1, 0.15) is 0 Å². The maximum absolute atomic E-state index is 12.0. The quantitative estimate of drug-likeness (QED) is 0.682. The molecule has 0 saturated carbocycles. The lowest BCUT2D eigenvalue weighted by Crippen LogP contribution is -2.36. The Hall–Kier alpha value is -2.60. The second-order valence-electron chi connectivity index (χ2n) is 5.74. The molecule has 2 amide bonds. The van der Waals surface area contributed by atoms with Gasteiger partial charge in [0.15, 0.2) is 0 Å². The van der Waals surface area contributed by atoms with Gasteiger partial charge in [-0.05, 0) is 47.9 Å². The first-order valence-electron chi connectivity index (χ1n) is 7.71. The van der Waals surface area contributed by atoms with Gasteiger partial charge < -0.3 is 15.6 Å². The number of rotatable bonds is 4. The van der Waals surface area contributed by atoms with Gasteiger partial charge >= 0.3 is 6.03 Å².